The minimum Gasteiger partial charge on any atom is -0.247 e. The Kier molecular flexibility index (Phi) is 0.908. The van der Waals surface area contributed by atoms with E-state index in [2.05, 4.69) is 6.26 Å². The van der Waals surface area contributed by atoms with E-state index in [9.17, 15) is 4.39 Å². The molecular formula is C8H11FS. The number of hydrogen-bond donors (Lipinski definition) is 0. The Morgan fingerprint density at radius 3 is 2.30 bits per heavy atom. The van der Waals surface area contributed by atoms with Gasteiger partial charge in [0, 0.05) is 11.2 Å². The van der Waals surface area contributed by atoms with Gasteiger partial charge in [0.15, 0.2) is 0 Å². The van der Waals surface area contributed by atoms with Crippen molar-refractivity contribution in [2.45, 2.75) is 17.8 Å². The Balaban J connectivity index is 1.95. The van der Waals surface area contributed by atoms with Crippen molar-refractivity contribution in [1.29, 1.82) is 0 Å². The van der Waals surface area contributed by atoms with Gasteiger partial charge in [-0.25, -0.2) is 4.39 Å². The van der Waals surface area contributed by atoms with Crippen LogP contribution >= 0.6 is 11.8 Å². The van der Waals surface area contributed by atoms with Crippen molar-refractivity contribution in [1.82, 2.24) is 0 Å². The topological polar surface area (TPSA) is 0 Å². The van der Waals surface area contributed by atoms with Crippen molar-refractivity contribution in [3.63, 3.8) is 0 Å². The van der Waals surface area contributed by atoms with Crippen LogP contribution in [0.3, 0.4) is 0 Å². The van der Waals surface area contributed by atoms with E-state index in [1.54, 1.807) is 0 Å². The van der Waals surface area contributed by atoms with E-state index in [0.29, 0.717) is 17.1 Å². The molecule has 0 aromatic heterocycles. The molecule has 0 aromatic carbocycles. The van der Waals surface area contributed by atoms with Gasteiger partial charge in [0.25, 0.3) is 0 Å². The maximum atomic E-state index is 13.2. The predicted molar refractivity (Wildman–Crippen MR) is 40.8 cm³/mol. The summed E-state index contributed by atoms with van der Waals surface area (Å²) < 4.78 is 13.2. The van der Waals surface area contributed by atoms with E-state index >= 15 is 0 Å². The third-order valence-corrected chi connectivity index (χ3v) is 4.90. The van der Waals surface area contributed by atoms with E-state index in [0.717, 1.165) is 11.8 Å². The van der Waals surface area contributed by atoms with Gasteiger partial charge in [-0.05, 0) is 30.4 Å². The minimum absolute atomic E-state index is 0.410. The Bertz CT molecular complexity index is 182. The number of halogens is 1. The van der Waals surface area contributed by atoms with Gasteiger partial charge in [-0.15, -0.1) is 0 Å². The van der Waals surface area contributed by atoms with Gasteiger partial charge < -0.3 is 0 Å². The van der Waals surface area contributed by atoms with E-state index in [-0.39, 0.29) is 0 Å². The first-order valence-electron chi connectivity index (χ1n) is 4.01. The molecule has 0 radical (unpaired) electrons. The molecule has 0 nitrogen and oxygen atoms in total. The lowest BCUT2D eigenvalue weighted by atomic mass is 10.1. The van der Waals surface area contributed by atoms with Gasteiger partial charge in [-0.1, -0.05) is 0 Å². The highest BCUT2D eigenvalue weighted by Crippen LogP contribution is 2.73. The number of rotatable bonds is 1. The fraction of sp³-hybridized carbons (Fsp3) is 1.00. The average Bonchev–Trinajstić information content (AvgIpc) is 2.29. The maximum Gasteiger partial charge on any atom is 0.107 e. The summed E-state index contributed by atoms with van der Waals surface area (Å²) in [7, 11) is 0. The molecule has 0 N–H and O–H groups in total. The highest BCUT2D eigenvalue weighted by atomic mass is 32.2. The monoisotopic (exact) mass is 158 g/mol. The Labute approximate surface area is 64.6 Å². The van der Waals surface area contributed by atoms with Crippen molar-refractivity contribution in [2.75, 3.05) is 6.26 Å². The Morgan fingerprint density at radius 1 is 1.30 bits per heavy atom. The van der Waals surface area contributed by atoms with Crippen molar-refractivity contribution < 1.29 is 4.39 Å². The lowest BCUT2D eigenvalue weighted by Crippen LogP contribution is -2.13. The van der Waals surface area contributed by atoms with E-state index in [4.69, 9.17) is 0 Å². The lowest BCUT2D eigenvalue weighted by Gasteiger charge is -2.11. The molecule has 6 atom stereocenters. The molecule has 0 saturated heterocycles. The van der Waals surface area contributed by atoms with Gasteiger partial charge in [0.2, 0.25) is 0 Å². The van der Waals surface area contributed by atoms with Crippen LogP contribution in [0.4, 0.5) is 4.39 Å². The van der Waals surface area contributed by atoms with Crippen LogP contribution in [0.2, 0.25) is 0 Å². The molecule has 0 aromatic rings. The predicted octanol–water partition coefficient (Wildman–Crippen LogP) is 1.95. The molecular weight excluding hydrogens is 147 g/mol. The van der Waals surface area contributed by atoms with Crippen LogP contribution in [0, 0.1) is 23.7 Å². The molecule has 4 aliphatic rings. The molecule has 0 spiro atoms. The Hall–Kier alpha value is 0.280. The molecule has 4 aliphatic carbocycles. The van der Waals surface area contributed by atoms with Crippen LogP contribution < -0.4 is 0 Å². The molecule has 0 amide bonds. The van der Waals surface area contributed by atoms with Crippen molar-refractivity contribution >= 4 is 11.8 Å². The fourth-order valence-electron chi connectivity index (χ4n) is 3.32. The summed E-state index contributed by atoms with van der Waals surface area (Å²) in [6.45, 7) is 0. The highest BCUT2D eigenvalue weighted by molar-refractivity contribution is 7.99. The SMILES string of the molecule is CS[C@@H]1[C@@H]2C[C@H]3[C@H]([C@H]2F)[C@@H]31. The summed E-state index contributed by atoms with van der Waals surface area (Å²) in [6.07, 6.45) is 2.93. The fourth-order valence-corrected chi connectivity index (χ4v) is 4.62. The zero-order valence-corrected chi connectivity index (χ0v) is 6.77. The van der Waals surface area contributed by atoms with E-state index in [1.165, 1.54) is 6.42 Å². The summed E-state index contributed by atoms with van der Waals surface area (Å²) in [5.41, 5.74) is 0. The van der Waals surface area contributed by atoms with Crippen molar-refractivity contribution in [3.8, 4) is 0 Å². The Morgan fingerprint density at radius 2 is 2.10 bits per heavy atom. The summed E-state index contributed by atoms with van der Waals surface area (Å²) in [6, 6.07) is 0. The average molecular weight is 158 g/mol. The van der Waals surface area contributed by atoms with Crippen LogP contribution in [-0.2, 0) is 0 Å². The minimum atomic E-state index is -0.410. The summed E-state index contributed by atoms with van der Waals surface area (Å²) in [5.74, 6) is 2.59. The molecule has 4 saturated carbocycles. The zero-order valence-electron chi connectivity index (χ0n) is 5.96. The van der Waals surface area contributed by atoms with Gasteiger partial charge in [-0.3, -0.25) is 0 Å². The van der Waals surface area contributed by atoms with Crippen LogP contribution in [0.15, 0.2) is 0 Å². The van der Waals surface area contributed by atoms with Crippen LogP contribution in [0.25, 0.3) is 0 Å². The van der Waals surface area contributed by atoms with E-state index in [1.807, 2.05) is 11.8 Å². The van der Waals surface area contributed by atoms with Gasteiger partial charge in [0.1, 0.15) is 6.17 Å². The zero-order chi connectivity index (χ0) is 6.88. The smallest absolute Gasteiger partial charge is 0.107 e. The van der Waals surface area contributed by atoms with Gasteiger partial charge >= 0.3 is 0 Å². The summed E-state index contributed by atoms with van der Waals surface area (Å²) in [5, 5.41) is 0.699. The third-order valence-electron chi connectivity index (χ3n) is 3.69. The van der Waals surface area contributed by atoms with Crippen LogP contribution in [0.5, 0.6) is 0 Å². The number of alkyl halides is 1. The molecule has 4 fully saturated rings. The van der Waals surface area contributed by atoms with Crippen molar-refractivity contribution in [3.05, 3.63) is 0 Å². The van der Waals surface area contributed by atoms with Crippen LogP contribution in [-0.4, -0.2) is 17.7 Å². The molecule has 0 unspecified atom stereocenters. The standard InChI is InChI=1S/C8H11FS/c1-10-8-4-2-3-5(6(3)8)7(4)9/h3-8H,2H2,1H3/t3-,4+,5-,6+,7-,8+/m0/s1. The molecule has 56 valence electrons. The maximum absolute atomic E-state index is 13.2. The summed E-state index contributed by atoms with van der Waals surface area (Å²) in [4.78, 5) is 0. The quantitative estimate of drug-likeness (QED) is 0.562. The largest absolute Gasteiger partial charge is 0.247 e. The molecule has 0 aliphatic heterocycles. The molecule has 2 heteroatoms. The molecule has 0 heterocycles. The first-order chi connectivity index (χ1) is 4.84. The van der Waals surface area contributed by atoms with Gasteiger partial charge in [-0.2, -0.15) is 11.8 Å². The van der Waals surface area contributed by atoms with Crippen LogP contribution in [0.1, 0.15) is 6.42 Å². The molecule has 4 bridgehead atoms. The first-order valence-corrected chi connectivity index (χ1v) is 5.30. The highest BCUT2D eigenvalue weighted by Gasteiger charge is 2.73. The third kappa shape index (κ3) is 0.421. The van der Waals surface area contributed by atoms with E-state index < -0.39 is 6.17 Å². The second-order valence-electron chi connectivity index (χ2n) is 3.86. The van der Waals surface area contributed by atoms with Crippen molar-refractivity contribution in [2.24, 2.45) is 23.7 Å². The lowest BCUT2D eigenvalue weighted by molar-refractivity contribution is 0.273. The number of thioether (sulfide) groups is 1. The second-order valence-corrected chi connectivity index (χ2v) is 4.88. The normalized spacial score (nSPS) is 69.0. The number of hydrogen-bond acceptors (Lipinski definition) is 1. The molecule has 4 rings (SSSR count). The summed E-state index contributed by atoms with van der Waals surface area (Å²) >= 11 is 1.90. The van der Waals surface area contributed by atoms with Gasteiger partial charge in [0.05, 0.1) is 0 Å². The second kappa shape index (κ2) is 1.55. The first kappa shape index (κ1) is 5.87. The molecule has 10 heavy (non-hydrogen) atoms.